The number of hydrogen-bond donors (Lipinski definition) is 1. The van der Waals surface area contributed by atoms with Gasteiger partial charge in [0.25, 0.3) is 10.0 Å². The first-order chi connectivity index (χ1) is 14.3. The van der Waals surface area contributed by atoms with Gasteiger partial charge in [-0.1, -0.05) is 6.07 Å². The molecule has 3 aromatic rings. The monoisotopic (exact) mass is 448 g/mol. The smallest absolute Gasteiger partial charge is 0.263 e. The zero-order valence-electron chi connectivity index (χ0n) is 16.3. The molecule has 0 saturated carbocycles. The van der Waals surface area contributed by atoms with Gasteiger partial charge in [-0.05, 0) is 44.0 Å². The summed E-state index contributed by atoms with van der Waals surface area (Å²) in [4.78, 5) is 18.9. The number of amides is 1. The molecule has 2 aromatic heterocycles. The number of likely N-dealkylation sites (tertiary alicyclic amines) is 1. The van der Waals surface area contributed by atoms with E-state index in [1.807, 2.05) is 12.3 Å². The van der Waals surface area contributed by atoms with E-state index in [1.165, 1.54) is 41.8 Å². The Hall–Kier alpha value is -2.72. The zero-order chi connectivity index (χ0) is 21.3. The van der Waals surface area contributed by atoms with Crippen molar-refractivity contribution in [1.82, 2.24) is 14.5 Å². The number of sulfonamides is 1. The molecule has 0 aliphatic carbocycles. The molecule has 1 aliphatic rings. The molecule has 158 valence electrons. The summed E-state index contributed by atoms with van der Waals surface area (Å²) in [6.45, 7) is 3.32. The molecule has 0 radical (unpaired) electrons. The van der Waals surface area contributed by atoms with Crippen LogP contribution in [0.25, 0.3) is 10.7 Å². The summed E-state index contributed by atoms with van der Waals surface area (Å²) in [6.07, 6.45) is 3.39. The van der Waals surface area contributed by atoms with Crippen LogP contribution in [0, 0.1) is 12.7 Å². The number of thiazole rings is 1. The highest BCUT2D eigenvalue weighted by Gasteiger charge is 2.24. The van der Waals surface area contributed by atoms with Gasteiger partial charge in [-0.3, -0.25) is 9.52 Å². The third-order valence-electron chi connectivity index (χ3n) is 4.86. The fraction of sp³-hybridized carbons (Fsp3) is 0.300. The highest BCUT2D eigenvalue weighted by Crippen LogP contribution is 2.29. The van der Waals surface area contributed by atoms with E-state index in [9.17, 15) is 17.6 Å². The molecular formula is C20H21FN4O3S2. The van der Waals surface area contributed by atoms with E-state index in [2.05, 4.69) is 9.71 Å². The van der Waals surface area contributed by atoms with Crippen LogP contribution in [0.5, 0.6) is 0 Å². The summed E-state index contributed by atoms with van der Waals surface area (Å²) in [5.74, 6) is -0.595. The third kappa shape index (κ3) is 4.39. The molecule has 0 atom stereocenters. The average molecular weight is 449 g/mol. The highest BCUT2D eigenvalue weighted by molar-refractivity contribution is 7.92. The molecular weight excluding hydrogens is 427 g/mol. The number of aromatic nitrogens is 2. The Kier molecular flexibility index (Phi) is 5.61. The van der Waals surface area contributed by atoms with Crippen LogP contribution < -0.4 is 4.72 Å². The van der Waals surface area contributed by atoms with Gasteiger partial charge in [0, 0.05) is 30.4 Å². The largest absolute Gasteiger partial charge is 0.341 e. The molecule has 1 amide bonds. The fourth-order valence-electron chi connectivity index (χ4n) is 3.39. The van der Waals surface area contributed by atoms with Crippen LogP contribution in [0.2, 0.25) is 0 Å². The van der Waals surface area contributed by atoms with Gasteiger partial charge < -0.3 is 9.47 Å². The number of nitrogens with zero attached hydrogens (tertiary/aromatic N) is 3. The molecule has 1 saturated heterocycles. The Morgan fingerprint density at radius 1 is 1.27 bits per heavy atom. The predicted molar refractivity (Wildman–Crippen MR) is 113 cm³/mol. The summed E-state index contributed by atoms with van der Waals surface area (Å²) in [6, 6.07) is 6.74. The van der Waals surface area contributed by atoms with Crippen LogP contribution in [-0.2, 0) is 21.4 Å². The Morgan fingerprint density at radius 3 is 2.70 bits per heavy atom. The maximum Gasteiger partial charge on any atom is 0.263 e. The van der Waals surface area contributed by atoms with Gasteiger partial charge in [-0.15, -0.1) is 11.3 Å². The number of halogens is 1. The van der Waals surface area contributed by atoms with E-state index in [4.69, 9.17) is 0 Å². The van der Waals surface area contributed by atoms with Gasteiger partial charge in [0.1, 0.15) is 22.3 Å². The van der Waals surface area contributed by atoms with E-state index in [0.717, 1.165) is 37.7 Å². The SMILES string of the molecule is Cc1csc(-c2cc(S(=O)(=O)Nc3cccc(F)c3)cn2CC(=O)N2CCCC2)n1. The zero-order valence-corrected chi connectivity index (χ0v) is 18.0. The van der Waals surface area contributed by atoms with Crippen LogP contribution in [0.15, 0.2) is 46.8 Å². The van der Waals surface area contributed by atoms with Crippen molar-refractivity contribution in [2.45, 2.75) is 31.2 Å². The number of carbonyl (C=O) groups excluding carboxylic acids is 1. The quantitative estimate of drug-likeness (QED) is 0.626. The van der Waals surface area contributed by atoms with Crippen molar-refractivity contribution in [1.29, 1.82) is 0 Å². The summed E-state index contributed by atoms with van der Waals surface area (Å²) in [5.41, 5.74) is 1.50. The van der Waals surface area contributed by atoms with Crippen molar-refractivity contribution in [2.75, 3.05) is 17.8 Å². The molecule has 1 fully saturated rings. The van der Waals surface area contributed by atoms with Gasteiger partial charge in [-0.25, -0.2) is 17.8 Å². The molecule has 3 heterocycles. The molecule has 1 aliphatic heterocycles. The van der Waals surface area contributed by atoms with Crippen molar-refractivity contribution < 1.29 is 17.6 Å². The first kappa shape index (κ1) is 20.5. The second-order valence-electron chi connectivity index (χ2n) is 7.19. The topological polar surface area (TPSA) is 84.3 Å². The van der Waals surface area contributed by atoms with Crippen LogP contribution in [0.3, 0.4) is 0 Å². The second-order valence-corrected chi connectivity index (χ2v) is 9.73. The fourth-order valence-corrected chi connectivity index (χ4v) is 5.31. The maximum atomic E-state index is 13.4. The van der Waals surface area contributed by atoms with Crippen LogP contribution >= 0.6 is 11.3 Å². The van der Waals surface area contributed by atoms with Gasteiger partial charge in [0.05, 0.1) is 11.4 Å². The van der Waals surface area contributed by atoms with Crippen molar-refractivity contribution in [3.8, 4) is 10.7 Å². The molecule has 0 unspecified atom stereocenters. The minimum atomic E-state index is -3.97. The minimum Gasteiger partial charge on any atom is -0.341 e. The average Bonchev–Trinajstić information content (AvgIpc) is 3.41. The minimum absolute atomic E-state index is 0.0103. The number of aryl methyl sites for hydroxylation is 1. The molecule has 1 aromatic carbocycles. The van der Waals surface area contributed by atoms with Crippen LogP contribution in [-0.4, -0.2) is 41.9 Å². The van der Waals surface area contributed by atoms with E-state index in [1.54, 1.807) is 9.47 Å². The number of benzene rings is 1. The lowest BCUT2D eigenvalue weighted by Gasteiger charge is -2.16. The number of nitrogens with one attached hydrogen (secondary N) is 1. The number of anilines is 1. The van der Waals surface area contributed by atoms with Gasteiger partial charge in [0.15, 0.2) is 0 Å². The number of carbonyl (C=O) groups is 1. The highest BCUT2D eigenvalue weighted by atomic mass is 32.2. The van der Waals surface area contributed by atoms with Crippen molar-refractivity contribution >= 4 is 33.0 Å². The normalized spacial score (nSPS) is 14.3. The van der Waals surface area contributed by atoms with E-state index in [0.29, 0.717) is 10.7 Å². The van der Waals surface area contributed by atoms with E-state index >= 15 is 0 Å². The Morgan fingerprint density at radius 2 is 2.03 bits per heavy atom. The lowest BCUT2D eigenvalue weighted by molar-refractivity contribution is -0.130. The maximum absolute atomic E-state index is 13.4. The standard InChI is InChI=1S/C20H21FN4O3S2/c1-14-13-29-20(22-14)18-10-17(11-25(18)12-19(26)24-7-2-3-8-24)30(27,28)23-16-6-4-5-15(21)9-16/h4-6,9-11,13,23H,2-3,7-8,12H2,1H3. The molecule has 1 N–H and O–H groups in total. The molecule has 7 nitrogen and oxygen atoms in total. The molecule has 0 bridgehead atoms. The lowest BCUT2D eigenvalue weighted by atomic mass is 10.3. The first-order valence-corrected chi connectivity index (χ1v) is 11.9. The molecule has 30 heavy (non-hydrogen) atoms. The first-order valence-electron chi connectivity index (χ1n) is 9.51. The van der Waals surface area contributed by atoms with Gasteiger partial charge in [-0.2, -0.15) is 0 Å². The summed E-state index contributed by atoms with van der Waals surface area (Å²) >= 11 is 1.38. The van der Waals surface area contributed by atoms with E-state index < -0.39 is 15.8 Å². The summed E-state index contributed by atoms with van der Waals surface area (Å²) < 4.78 is 43.2. The number of rotatable bonds is 6. The Labute approximate surface area is 178 Å². The van der Waals surface area contributed by atoms with Gasteiger partial charge in [0.2, 0.25) is 5.91 Å². The van der Waals surface area contributed by atoms with E-state index in [-0.39, 0.29) is 23.0 Å². The second kappa shape index (κ2) is 8.19. The van der Waals surface area contributed by atoms with Crippen molar-refractivity contribution in [2.24, 2.45) is 0 Å². The van der Waals surface area contributed by atoms with Crippen LogP contribution in [0.4, 0.5) is 10.1 Å². The predicted octanol–water partition coefficient (Wildman–Crippen LogP) is 3.48. The summed E-state index contributed by atoms with van der Waals surface area (Å²) in [5, 5.41) is 2.50. The number of hydrogen-bond acceptors (Lipinski definition) is 5. The summed E-state index contributed by atoms with van der Waals surface area (Å²) in [7, 11) is -3.97. The Bertz CT molecular complexity index is 1180. The third-order valence-corrected chi connectivity index (χ3v) is 7.19. The molecule has 0 spiro atoms. The Balaban J connectivity index is 1.68. The van der Waals surface area contributed by atoms with Gasteiger partial charge >= 0.3 is 0 Å². The van der Waals surface area contributed by atoms with Crippen molar-refractivity contribution in [3.63, 3.8) is 0 Å². The van der Waals surface area contributed by atoms with Crippen molar-refractivity contribution in [3.05, 3.63) is 53.4 Å². The molecule has 4 rings (SSSR count). The van der Waals surface area contributed by atoms with Crippen LogP contribution in [0.1, 0.15) is 18.5 Å². The lowest BCUT2D eigenvalue weighted by Crippen LogP contribution is -2.31. The molecule has 10 heteroatoms.